The summed E-state index contributed by atoms with van der Waals surface area (Å²) in [5.74, 6) is 1.36. The third kappa shape index (κ3) is 6.92. The van der Waals surface area contributed by atoms with Gasteiger partial charge in [-0.3, -0.25) is 4.99 Å². The minimum atomic E-state index is 0. The van der Waals surface area contributed by atoms with Gasteiger partial charge < -0.3 is 15.4 Å². The van der Waals surface area contributed by atoms with E-state index < -0.39 is 0 Å². The van der Waals surface area contributed by atoms with Gasteiger partial charge in [0.15, 0.2) is 5.96 Å². The van der Waals surface area contributed by atoms with Crippen LogP contribution in [0.3, 0.4) is 0 Å². The molecule has 0 unspecified atom stereocenters. The number of hydrogen-bond acceptors (Lipinski definition) is 3. The lowest BCUT2D eigenvalue weighted by atomic mass is 10.1. The molecule has 0 aliphatic carbocycles. The van der Waals surface area contributed by atoms with Crippen molar-refractivity contribution < 1.29 is 4.74 Å². The first kappa shape index (κ1) is 20.5. The molecule has 130 valence electrons. The van der Waals surface area contributed by atoms with Crippen molar-refractivity contribution in [1.82, 2.24) is 15.6 Å². The average molecular weight is 461 g/mol. The summed E-state index contributed by atoms with van der Waals surface area (Å²) >= 11 is 5.98. The summed E-state index contributed by atoms with van der Waals surface area (Å²) in [4.78, 5) is 8.38. The Morgan fingerprint density at radius 3 is 2.67 bits per heavy atom. The van der Waals surface area contributed by atoms with Gasteiger partial charge in [0.25, 0.3) is 0 Å². The number of rotatable bonds is 6. The fraction of sp³-hybridized carbons (Fsp3) is 0.294. The van der Waals surface area contributed by atoms with E-state index in [0.717, 1.165) is 29.5 Å². The molecule has 2 rings (SSSR count). The molecule has 24 heavy (non-hydrogen) atoms. The maximum atomic E-state index is 5.98. The van der Waals surface area contributed by atoms with Crippen LogP contribution in [0, 0.1) is 0 Å². The number of ether oxygens (including phenoxy) is 1. The molecular weight excluding hydrogens is 439 g/mol. The SMILES string of the molecule is CN=C(NCCc1cccc(Cl)c1)NCc1ccc(OC)nc1.I. The number of benzene rings is 1. The summed E-state index contributed by atoms with van der Waals surface area (Å²) in [6.45, 7) is 1.43. The highest BCUT2D eigenvalue weighted by Crippen LogP contribution is 2.10. The van der Waals surface area contributed by atoms with E-state index in [0.29, 0.717) is 12.4 Å². The molecule has 0 amide bonds. The molecule has 5 nitrogen and oxygen atoms in total. The quantitative estimate of drug-likeness (QED) is 0.395. The first-order chi connectivity index (χ1) is 11.2. The average Bonchev–Trinajstić information content (AvgIpc) is 2.58. The van der Waals surface area contributed by atoms with Crippen molar-refractivity contribution in [1.29, 1.82) is 0 Å². The van der Waals surface area contributed by atoms with E-state index in [2.05, 4.69) is 26.7 Å². The molecule has 1 aromatic heterocycles. The lowest BCUT2D eigenvalue weighted by Crippen LogP contribution is -2.37. The van der Waals surface area contributed by atoms with Crippen LogP contribution in [-0.2, 0) is 13.0 Å². The Hall–Kier alpha value is -1.54. The zero-order chi connectivity index (χ0) is 16.5. The van der Waals surface area contributed by atoms with E-state index in [-0.39, 0.29) is 24.0 Å². The Morgan fingerprint density at radius 2 is 2.04 bits per heavy atom. The van der Waals surface area contributed by atoms with Crippen LogP contribution in [0.15, 0.2) is 47.6 Å². The molecule has 0 aliphatic rings. The van der Waals surface area contributed by atoms with Gasteiger partial charge in [-0.15, -0.1) is 24.0 Å². The summed E-state index contributed by atoms with van der Waals surface area (Å²) in [7, 11) is 3.35. The topological polar surface area (TPSA) is 58.5 Å². The fourth-order valence-corrected chi connectivity index (χ4v) is 2.27. The third-order valence-electron chi connectivity index (χ3n) is 3.29. The van der Waals surface area contributed by atoms with Crippen LogP contribution in [0.25, 0.3) is 0 Å². The number of aliphatic imine (C=N–C) groups is 1. The molecule has 2 N–H and O–H groups in total. The Bertz CT molecular complexity index is 649. The van der Waals surface area contributed by atoms with Gasteiger partial charge in [-0.25, -0.2) is 4.98 Å². The Morgan fingerprint density at radius 1 is 1.21 bits per heavy atom. The number of guanidine groups is 1. The van der Waals surface area contributed by atoms with E-state index in [9.17, 15) is 0 Å². The predicted molar refractivity (Wildman–Crippen MR) is 110 cm³/mol. The normalized spacial score (nSPS) is 10.7. The maximum Gasteiger partial charge on any atom is 0.212 e. The van der Waals surface area contributed by atoms with Gasteiger partial charge in [-0.2, -0.15) is 0 Å². The minimum absolute atomic E-state index is 0. The summed E-state index contributed by atoms with van der Waals surface area (Å²) in [5.41, 5.74) is 2.25. The summed E-state index contributed by atoms with van der Waals surface area (Å²) < 4.78 is 5.04. The molecule has 2 aromatic rings. The van der Waals surface area contributed by atoms with E-state index >= 15 is 0 Å². The predicted octanol–water partition coefficient (Wildman–Crippen LogP) is 3.27. The standard InChI is InChI=1S/C17H21ClN4O.HI/c1-19-17(20-9-8-13-4-3-5-15(18)10-13)22-12-14-6-7-16(23-2)21-11-14;/h3-7,10-11H,8-9,12H2,1-2H3,(H2,19,20,22);1H. The van der Waals surface area contributed by atoms with E-state index in [1.54, 1.807) is 20.4 Å². The first-order valence-electron chi connectivity index (χ1n) is 7.39. The highest BCUT2D eigenvalue weighted by molar-refractivity contribution is 14.0. The zero-order valence-corrected chi connectivity index (χ0v) is 16.8. The maximum absolute atomic E-state index is 5.98. The lowest BCUT2D eigenvalue weighted by molar-refractivity contribution is 0.397. The first-order valence-corrected chi connectivity index (χ1v) is 7.77. The van der Waals surface area contributed by atoms with Crippen LogP contribution >= 0.6 is 35.6 Å². The molecule has 0 saturated heterocycles. The molecule has 0 atom stereocenters. The molecule has 0 bridgehead atoms. The van der Waals surface area contributed by atoms with Gasteiger partial charge in [-0.05, 0) is 29.7 Å². The number of nitrogens with zero attached hydrogens (tertiary/aromatic N) is 2. The van der Waals surface area contributed by atoms with Crippen LogP contribution in [0.5, 0.6) is 5.88 Å². The molecular formula is C17H22ClIN4O. The second-order valence-corrected chi connectivity index (χ2v) is 5.38. The van der Waals surface area contributed by atoms with Gasteiger partial charge in [0.2, 0.25) is 5.88 Å². The van der Waals surface area contributed by atoms with E-state index in [1.807, 2.05) is 30.3 Å². The molecule has 1 heterocycles. The lowest BCUT2D eigenvalue weighted by Gasteiger charge is -2.12. The van der Waals surface area contributed by atoms with Crippen LogP contribution in [-0.4, -0.2) is 31.6 Å². The van der Waals surface area contributed by atoms with Crippen LogP contribution < -0.4 is 15.4 Å². The van der Waals surface area contributed by atoms with Crippen molar-refractivity contribution in [2.24, 2.45) is 4.99 Å². The Balaban J connectivity index is 0.00000288. The summed E-state index contributed by atoms with van der Waals surface area (Å²) in [5, 5.41) is 7.29. The molecule has 0 spiro atoms. The van der Waals surface area contributed by atoms with Gasteiger partial charge in [0.05, 0.1) is 7.11 Å². The minimum Gasteiger partial charge on any atom is -0.481 e. The van der Waals surface area contributed by atoms with Gasteiger partial charge in [-0.1, -0.05) is 29.8 Å². The molecule has 0 saturated carbocycles. The van der Waals surface area contributed by atoms with Crippen molar-refractivity contribution in [2.75, 3.05) is 20.7 Å². The molecule has 0 fully saturated rings. The Labute approximate surface area is 164 Å². The van der Waals surface area contributed by atoms with Crippen molar-refractivity contribution in [3.63, 3.8) is 0 Å². The third-order valence-corrected chi connectivity index (χ3v) is 3.52. The summed E-state index contributed by atoms with van der Waals surface area (Å²) in [6, 6.07) is 11.7. The number of methoxy groups -OCH3 is 1. The highest BCUT2D eigenvalue weighted by atomic mass is 127. The van der Waals surface area contributed by atoms with Crippen molar-refractivity contribution in [2.45, 2.75) is 13.0 Å². The smallest absolute Gasteiger partial charge is 0.212 e. The van der Waals surface area contributed by atoms with Crippen molar-refractivity contribution in [3.05, 3.63) is 58.7 Å². The van der Waals surface area contributed by atoms with Gasteiger partial charge in [0.1, 0.15) is 0 Å². The van der Waals surface area contributed by atoms with E-state index in [4.69, 9.17) is 16.3 Å². The van der Waals surface area contributed by atoms with Crippen molar-refractivity contribution in [3.8, 4) is 5.88 Å². The second-order valence-electron chi connectivity index (χ2n) is 4.94. The number of aromatic nitrogens is 1. The fourth-order valence-electron chi connectivity index (χ4n) is 2.06. The molecule has 7 heteroatoms. The number of nitrogens with one attached hydrogen (secondary N) is 2. The van der Waals surface area contributed by atoms with Crippen molar-refractivity contribution >= 4 is 41.5 Å². The van der Waals surface area contributed by atoms with Crippen LogP contribution in [0.1, 0.15) is 11.1 Å². The van der Waals surface area contributed by atoms with Crippen LogP contribution in [0.2, 0.25) is 5.02 Å². The van der Waals surface area contributed by atoms with E-state index in [1.165, 1.54) is 5.56 Å². The van der Waals surface area contributed by atoms with Gasteiger partial charge in [0, 0.05) is 37.4 Å². The van der Waals surface area contributed by atoms with Crippen LogP contribution in [0.4, 0.5) is 0 Å². The second kappa shape index (κ2) is 11.1. The summed E-state index contributed by atoms with van der Waals surface area (Å²) in [6.07, 6.45) is 2.66. The largest absolute Gasteiger partial charge is 0.481 e. The monoisotopic (exact) mass is 460 g/mol. The molecule has 0 aliphatic heterocycles. The molecule has 0 radical (unpaired) electrons. The zero-order valence-electron chi connectivity index (χ0n) is 13.8. The molecule has 1 aromatic carbocycles. The number of halogens is 2. The van der Waals surface area contributed by atoms with Gasteiger partial charge >= 0.3 is 0 Å². The number of hydrogen-bond donors (Lipinski definition) is 2. The highest BCUT2D eigenvalue weighted by Gasteiger charge is 2.00. The number of pyridine rings is 1. The Kier molecular flexibility index (Phi) is 9.48.